The predicted molar refractivity (Wildman–Crippen MR) is 87.3 cm³/mol. The Morgan fingerprint density at radius 3 is 2.50 bits per heavy atom. The van der Waals surface area contributed by atoms with E-state index in [1.165, 1.54) is 31.2 Å². The Morgan fingerprint density at radius 1 is 1.25 bits per heavy atom. The predicted octanol–water partition coefficient (Wildman–Crippen LogP) is 3.16. The van der Waals surface area contributed by atoms with Crippen molar-refractivity contribution in [1.82, 2.24) is 0 Å². The molecule has 0 aliphatic heterocycles. The maximum absolute atomic E-state index is 13.1. The molecule has 2 aromatic carbocycles. The van der Waals surface area contributed by atoms with E-state index >= 15 is 0 Å². The van der Waals surface area contributed by atoms with Crippen molar-refractivity contribution >= 4 is 29.2 Å². The van der Waals surface area contributed by atoms with Crippen LogP contribution in [0.4, 0.5) is 10.1 Å². The molecule has 0 heterocycles. The van der Waals surface area contributed by atoms with Crippen LogP contribution in [0.1, 0.15) is 22.8 Å². The summed E-state index contributed by atoms with van der Waals surface area (Å²) in [6.07, 6.45) is -1.06. The van der Waals surface area contributed by atoms with E-state index in [0.29, 0.717) is 11.3 Å². The third kappa shape index (κ3) is 4.53. The molecule has 0 aliphatic carbocycles. The second kappa shape index (κ2) is 7.90. The minimum Gasteiger partial charge on any atom is -0.449 e. The van der Waals surface area contributed by atoms with Crippen LogP contribution in [-0.4, -0.2) is 23.1 Å². The van der Waals surface area contributed by atoms with Crippen LogP contribution in [0, 0.1) is 5.82 Å². The molecule has 0 spiro atoms. The molecular weight excluding hydrogens is 337 g/mol. The molecular formula is C17H15ClFNO4. The Bertz CT molecular complexity index is 749. The number of anilines is 1. The molecule has 0 fully saturated rings. The normalized spacial score (nSPS) is 11.7. The topological polar surface area (TPSA) is 75.6 Å². The van der Waals surface area contributed by atoms with E-state index in [9.17, 15) is 14.0 Å². The summed E-state index contributed by atoms with van der Waals surface area (Å²) in [4.78, 5) is 24.0. The van der Waals surface area contributed by atoms with Crippen LogP contribution >= 0.6 is 11.6 Å². The van der Waals surface area contributed by atoms with Gasteiger partial charge >= 0.3 is 5.97 Å². The highest BCUT2D eigenvalue weighted by Gasteiger charge is 2.19. The van der Waals surface area contributed by atoms with E-state index in [0.717, 1.165) is 6.07 Å². The lowest BCUT2D eigenvalue weighted by Crippen LogP contribution is -2.30. The van der Waals surface area contributed by atoms with Crippen molar-refractivity contribution in [2.24, 2.45) is 0 Å². The van der Waals surface area contributed by atoms with Gasteiger partial charge in [0.2, 0.25) is 0 Å². The molecule has 2 rings (SSSR count). The van der Waals surface area contributed by atoms with Gasteiger partial charge in [0, 0.05) is 5.69 Å². The zero-order valence-corrected chi connectivity index (χ0v) is 13.5. The molecule has 1 atom stereocenters. The Morgan fingerprint density at radius 2 is 1.92 bits per heavy atom. The molecule has 0 unspecified atom stereocenters. The smallest absolute Gasteiger partial charge is 0.338 e. The molecule has 1 amide bonds. The summed E-state index contributed by atoms with van der Waals surface area (Å²) in [6, 6.07) is 9.90. The van der Waals surface area contributed by atoms with E-state index in [-0.39, 0.29) is 17.2 Å². The average molecular weight is 352 g/mol. The van der Waals surface area contributed by atoms with Gasteiger partial charge in [-0.2, -0.15) is 0 Å². The zero-order valence-electron chi connectivity index (χ0n) is 12.8. The molecule has 0 radical (unpaired) electrons. The first-order chi connectivity index (χ1) is 11.4. The van der Waals surface area contributed by atoms with Gasteiger partial charge in [-0.15, -0.1) is 0 Å². The third-order valence-corrected chi connectivity index (χ3v) is 3.50. The summed E-state index contributed by atoms with van der Waals surface area (Å²) in [5, 5.41) is 11.3. The first kappa shape index (κ1) is 17.9. The van der Waals surface area contributed by atoms with Crippen molar-refractivity contribution < 1.29 is 23.8 Å². The first-order valence-electron chi connectivity index (χ1n) is 7.07. The van der Waals surface area contributed by atoms with Gasteiger partial charge < -0.3 is 15.2 Å². The highest BCUT2D eigenvalue weighted by Crippen LogP contribution is 2.19. The van der Waals surface area contributed by atoms with Crippen LogP contribution in [0.2, 0.25) is 5.02 Å². The van der Waals surface area contributed by atoms with E-state index in [4.69, 9.17) is 21.4 Å². The number of benzene rings is 2. The van der Waals surface area contributed by atoms with Crippen molar-refractivity contribution in [3.05, 3.63) is 64.4 Å². The first-order valence-corrected chi connectivity index (χ1v) is 7.45. The van der Waals surface area contributed by atoms with E-state index < -0.39 is 23.8 Å². The summed E-state index contributed by atoms with van der Waals surface area (Å²) < 4.78 is 18.2. The highest BCUT2D eigenvalue weighted by atomic mass is 35.5. The number of carbonyl (C=O) groups excluding carboxylic acids is 2. The molecule has 0 saturated carbocycles. The number of amides is 1. The van der Waals surface area contributed by atoms with Crippen LogP contribution < -0.4 is 5.32 Å². The molecule has 24 heavy (non-hydrogen) atoms. The van der Waals surface area contributed by atoms with Crippen LogP contribution in [0.3, 0.4) is 0 Å². The lowest BCUT2D eigenvalue weighted by atomic mass is 10.1. The summed E-state index contributed by atoms with van der Waals surface area (Å²) >= 11 is 5.64. The van der Waals surface area contributed by atoms with Crippen LogP contribution in [-0.2, 0) is 16.1 Å². The molecule has 0 bridgehead atoms. The van der Waals surface area contributed by atoms with Gasteiger partial charge in [-0.05, 0) is 42.8 Å². The van der Waals surface area contributed by atoms with Gasteiger partial charge in [0.15, 0.2) is 6.10 Å². The van der Waals surface area contributed by atoms with E-state index in [1.807, 2.05) is 0 Å². The second-order valence-electron chi connectivity index (χ2n) is 5.02. The standard InChI is InChI=1S/C17H15ClFNO4/c1-10(16(22)20-13-6-7-15(19)14(18)8-13)24-17(23)12-4-2-11(9-21)3-5-12/h2-8,10,21H,9H2,1H3,(H,20,22)/t10-/m1/s1. The number of ether oxygens (including phenoxy) is 1. The molecule has 0 aromatic heterocycles. The largest absolute Gasteiger partial charge is 0.449 e. The van der Waals surface area contributed by atoms with Gasteiger partial charge in [0.05, 0.1) is 17.2 Å². The number of hydrogen-bond donors (Lipinski definition) is 2. The maximum Gasteiger partial charge on any atom is 0.338 e. The molecule has 0 saturated heterocycles. The van der Waals surface area contributed by atoms with Gasteiger partial charge in [-0.1, -0.05) is 23.7 Å². The van der Waals surface area contributed by atoms with Crippen LogP contribution in [0.15, 0.2) is 42.5 Å². The molecule has 126 valence electrons. The molecule has 2 aromatic rings. The van der Waals surface area contributed by atoms with Crippen molar-refractivity contribution in [2.45, 2.75) is 19.6 Å². The number of aliphatic hydroxyl groups is 1. The van der Waals surface area contributed by atoms with Gasteiger partial charge in [-0.3, -0.25) is 4.79 Å². The highest BCUT2D eigenvalue weighted by molar-refractivity contribution is 6.31. The Hall–Kier alpha value is -2.44. The quantitative estimate of drug-likeness (QED) is 0.811. The van der Waals surface area contributed by atoms with Crippen LogP contribution in [0.25, 0.3) is 0 Å². The van der Waals surface area contributed by atoms with Crippen LogP contribution in [0.5, 0.6) is 0 Å². The Kier molecular flexibility index (Phi) is 5.89. The van der Waals surface area contributed by atoms with E-state index in [2.05, 4.69) is 5.32 Å². The lowest BCUT2D eigenvalue weighted by Gasteiger charge is -2.14. The summed E-state index contributed by atoms with van der Waals surface area (Å²) in [6.45, 7) is 1.29. The summed E-state index contributed by atoms with van der Waals surface area (Å²) in [7, 11) is 0. The number of halogens is 2. The number of aliphatic hydroxyl groups excluding tert-OH is 1. The lowest BCUT2D eigenvalue weighted by molar-refractivity contribution is -0.123. The third-order valence-electron chi connectivity index (χ3n) is 3.21. The van der Waals surface area contributed by atoms with Crippen molar-refractivity contribution in [3.63, 3.8) is 0 Å². The minimum absolute atomic E-state index is 0.124. The SMILES string of the molecule is C[C@@H](OC(=O)c1ccc(CO)cc1)C(=O)Nc1ccc(F)c(Cl)c1. The second-order valence-corrected chi connectivity index (χ2v) is 5.43. The van der Waals surface area contributed by atoms with Gasteiger partial charge in [0.25, 0.3) is 5.91 Å². The van der Waals surface area contributed by atoms with Crippen molar-refractivity contribution in [1.29, 1.82) is 0 Å². The molecule has 2 N–H and O–H groups in total. The van der Waals surface area contributed by atoms with Gasteiger partial charge in [0.1, 0.15) is 5.82 Å². The number of esters is 1. The summed E-state index contributed by atoms with van der Waals surface area (Å²) in [5.74, 6) is -1.84. The van der Waals surface area contributed by atoms with Crippen molar-refractivity contribution in [3.8, 4) is 0 Å². The fourth-order valence-corrected chi connectivity index (χ4v) is 2.03. The molecule has 5 nitrogen and oxygen atoms in total. The molecule has 0 aliphatic rings. The fraction of sp³-hybridized carbons (Fsp3) is 0.176. The summed E-state index contributed by atoms with van der Waals surface area (Å²) in [5.41, 5.74) is 1.21. The molecule has 7 heteroatoms. The van der Waals surface area contributed by atoms with E-state index in [1.54, 1.807) is 12.1 Å². The Balaban J connectivity index is 1.97. The maximum atomic E-state index is 13.1. The van der Waals surface area contributed by atoms with Crippen molar-refractivity contribution in [2.75, 3.05) is 5.32 Å². The number of nitrogens with one attached hydrogen (secondary N) is 1. The average Bonchev–Trinajstić information content (AvgIpc) is 2.58. The number of hydrogen-bond acceptors (Lipinski definition) is 4. The van der Waals surface area contributed by atoms with Gasteiger partial charge in [-0.25, -0.2) is 9.18 Å². The minimum atomic E-state index is -1.06. The number of carbonyl (C=O) groups is 2. The Labute approximate surface area is 143 Å². The fourth-order valence-electron chi connectivity index (χ4n) is 1.85. The number of rotatable bonds is 5. The zero-order chi connectivity index (χ0) is 17.7. The monoisotopic (exact) mass is 351 g/mol.